The Balaban J connectivity index is 1.75. The number of hydrogen-bond donors (Lipinski definition) is 1. The maximum absolute atomic E-state index is 12.6. The van der Waals surface area contributed by atoms with Crippen molar-refractivity contribution in [2.75, 3.05) is 23.4 Å². The largest absolute Gasteiger partial charge is 0.492 e. The molecule has 1 amide bonds. The predicted molar refractivity (Wildman–Crippen MR) is 104 cm³/mol. The van der Waals surface area contributed by atoms with E-state index in [4.69, 9.17) is 4.74 Å². The second-order valence-corrected chi connectivity index (χ2v) is 9.03. The third-order valence-corrected chi connectivity index (χ3v) is 6.58. The molecule has 2 heterocycles. The van der Waals surface area contributed by atoms with E-state index in [0.717, 1.165) is 17.0 Å². The molecule has 2 aromatic rings. The molecule has 1 aromatic carbocycles. The number of carbonyl (C=O) groups is 1. The van der Waals surface area contributed by atoms with Gasteiger partial charge in [0.15, 0.2) is 9.84 Å². The number of anilines is 1. The Kier molecular flexibility index (Phi) is 5.55. The van der Waals surface area contributed by atoms with Crippen molar-refractivity contribution < 1.29 is 17.9 Å². The number of nitrogens with zero attached hydrogens (tertiary/aromatic N) is 2. The van der Waals surface area contributed by atoms with Crippen LogP contribution in [-0.4, -0.2) is 42.2 Å². The van der Waals surface area contributed by atoms with Gasteiger partial charge in [0.25, 0.3) is 0 Å². The van der Waals surface area contributed by atoms with Gasteiger partial charge in [-0.15, -0.1) is 0 Å². The monoisotopic (exact) mass is 391 g/mol. The van der Waals surface area contributed by atoms with Gasteiger partial charge in [0.2, 0.25) is 5.91 Å². The molecule has 1 saturated heterocycles. The quantitative estimate of drug-likeness (QED) is 0.817. The lowest BCUT2D eigenvalue weighted by Gasteiger charge is -2.12. The molecule has 1 N–H and O–H groups in total. The fourth-order valence-corrected chi connectivity index (χ4v) is 5.17. The number of hydrogen-bond acceptors (Lipinski definition) is 5. The third-order valence-electron chi connectivity index (χ3n) is 4.83. The third kappa shape index (κ3) is 4.32. The van der Waals surface area contributed by atoms with Crippen molar-refractivity contribution in [2.24, 2.45) is 0 Å². The molecule has 8 heteroatoms. The van der Waals surface area contributed by atoms with Crippen molar-refractivity contribution in [1.29, 1.82) is 0 Å². The predicted octanol–water partition coefficient (Wildman–Crippen LogP) is 2.44. The van der Waals surface area contributed by atoms with Gasteiger partial charge in [-0.05, 0) is 39.3 Å². The van der Waals surface area contributed by atoms with Crippen LogP contribution in [0.3, 0.4) is 0 Å². The summed E-state index contributed by atoms with van der Waals surface area (Å²) in [6.07, 6.45) is 0.745. The lowest BCUT2D eigenvalue weighted by molar-refractivity contribution is -0.115. The summed E-state index contributed by atoms with van der Waals surface area (Å²) in [6.45, 7) is 6.15. The Hall–Kier alpha value is -2.35. The Labute approximate surface area is 159 Å². The Morgan fingerprint density at radius 3 is 2.74 bits per heavy atom. The summed E-state index contributed by atoms with van der Waals surface area (Å²) in [5.41, 5.74) is 3.08. The summed E-state index contributed by atoms with van der Waals surface area (Å²) in [7, 11) is -2.99. The number of aryl methyl sites for hydroxylation is 1. The van der Waals surface area contributed by atoms with E-state index in [1.54, 1.807) is 10.7 Å². The van der Waals surface area contributed by atoms with Crippen LogP contribution >= 0.6 is 0 Å². The van der Waals surface area contributed by atoms with Crippen molar-refractivity contribution in [3.8, 4) is 5.75 Å². The van der Waals surface area contributed by atoms with E-state index >= 15 is 0 Å². The minimum absolute atomic E-state index is 0.113. The zero-order valence-corrected chi connectivity index (χ0v) is 16.7. The van der Waals surface area contributed by atoms with E-state index in [1.165, 1.54) is 0 Å². The molecule has 0 radical (unpaired) electrons. The van der Waals surface area contributed by atoms with E-state index in [0.29, 0.717) is 24.5 Å². The SMILES string of the molecule is CCOc1ccccc1NC(=O)Cc1c(C)nn([C@@H]2CCS(=O)(=O)C2)c1C. The maximum atomic E-state index is 12.6. The molecular weight excluding hydrogens is 366 g/mol. The summed E-state index contributed by atoms with van der Waals surface area (Å²) in [6, 6.07) is 7.16. The van der Waals surface area contributed by atoms with Gasteiger partial charge in [0, 0.05) is 11.3 Å². The van der Waals surface area contributed by atoms with Crippen LogP contribution in [0.25, 0.3) is 0 Å². The van der Waals surface area contributed by atoms with Crippen LogP contribution in [0.4, 0.5) is 5.69 Å². The minimum Gasteiger partial charge on any atom is -0.492 e. The second-order valence-electron chi connectivity index (χ2n) is 6.80. The molecule has 1 atom stereocenters. The number of sulfone groups is 1. The fourth-order valence-electron chi connectivity index (χ4n) is 3.48. The first-order valence-corrected chi connectivity index (χ1v) is 10.9. The topological polar surface area (TPSA) is 90.3 Å². The number of rotatable bonds is 6. The van der Waals surface area contributed by atoms with Crippen LogP contribution in [0, 0.1) is 13.8 Å². The first-order chi connectivity index (χ1) is 12.8. The molecular formula is C19H25N3O4S. The highest BCUT2D eigenvalue weighted by Gasteiger charge is 2.31. The van der Waals surface area contributed by atoms with Crippen LogP contribution in [0.5, 0.6) is 5.75 Å². The molecule has 0 unspecified atom stereocenters. The van der Waals surface area contributed by atoms with E-state index in [9.17, 15) is 13.2 Å². The fraction of sp³-hybridized carbons (Fsp3) is 0.474. The molecule has 0 spiro atoms. The summed E-state index contributed by atoms with van der Waals surface area (Å²) in [5.74, 6) is 0.781. The smallest absolute Gasteiger partial charge is 0.229 e. The molecule has 1 aliphatic heterocycles. The summed E-state index contributed by atoms with van der Waals surface area (Å²) < 4.78 is 30.8. The molecule has 1 aliphatic rings. The van der Waals surface area contributed by atoms with Gasteiger partial charge in [-0.3, -0.25) is 9.48 Å². The van der Waals surface area contributed by atoms with Crippen molar-refractivity contribution in [3.63, 3.8) is 0 Å². The lowest BCUT2D eigenvalue weighted by Crippen LogP contribution is -2.17. The van der Waals surface area contributed by atoms with Gasteiger partial charge in [-0.25, -0.2) is 8.42 Å². The van der Waals surface area contributed by atoms with Crippen molar-refractivity contribution in [3.05, 3.63) is 41.2 Å². The van der Waals surface area contributed by atoms with Crippen molar-refractivity contribution >= 4 is 21.4 Å². The summed E-state index contributed by atoms with van der Waals surface area (Å²) >= 11 is 0. The molecule has 1 fully saturated rings. The van der Waals surface area contributed by atoms with Gasteiger partial charge in [0.1, 0.15) is 5.75 Å². The van der Waals surface area contributed by atoms with Crippen molar-refractivity contribution in [2.45, 2.75) is 39.7 Å². The van der Waals surface area contributed by atoms with Gasteiger partial charge < -0.3 is 10.1 Å². The van der Waals surface area contributed by atoms with Crippen LogP contribution in [-0.2, 0) is 21.1 Å². The average Bonchev–Trinajstić information content (AvgIpc) is 3.10. The number of ether oxygens (including phenoxy) is 1. The van der Waals surface area contributed by atoms with Gasteiger partial charge >= 0.3 is 0 Å². The highest BCUT2D eigenvalue weighted by atomic mass is 32.2. The van der Waals surface area contributed by atoms with Gasteiger partial charge in [-0.2, -0.15) is 5.10 Å². The molecule has 0 saturated carbocycles. The lowest BCUT2D eigenvalue weighted by atomic mass is 10.1. The highest BCUT2D eigenvalue weighted by molar-refractivity contribution is 7.91. The minimum atomic E-state index is -2.99. The van der Waals surface area contributed by atoms with Crippen LogP contribution in [0.1, 0.15) is 36.3 Å². The standard InChI is InChI=1S/C19H25N3O4S/c1-4-26-18-8-6-5-7-17(18)20-19(23)11-16-13(2)21-22(14(16)3)15-9-10-27(24,25)12-15/h5-8,15H,4,9-12H2,1-3H3,(H,20,23)/t15-/m1/s1. The van der Waals surface area contributed by atoms with Crippen LogP contribution < -0.4 is 10.1 Å². The Morgan fingerprint density at radius 1 is 1.33 bits per heavy atom. The Morgan fingerprint density at radius 2 is 2.07 bits per heavy atom. The normalized spacial score (nSPS) is 18.4. The highest BCUT2D eigenvalue weighted by Crippen LogP contribution is 2.28. The zero-order valence-electron chi connectivity index (χ0n) is 15.9. The first kappa shape index (κ1) is 19.4. The second kappa shape index (κ2) is 7.72. The number of nitrogens with one attached hydrogen (secondary N) is 1. The molecule has 27 heavy (non-hydrogen) atoms. The molecule has 146 valence electrons. The maximum Gasteiger partial charge on any atom is 0.229 e. The van der Waals surface area contributed by atoms with Crippen molar-refractivity contribution in [1.82, 2.24) is 9.78 Å². The van der Waals surface area contributed by atoms with E-state index in [2.05, 4.69) is 10.4 Å². The summed E-state index contributed by atoms with van der Waals surface area (Å²) in [4.78, 5) is 12.6. The number of aromatic nitrogens is 2. The Bertz CT molecular complexity index is 950. The molecule has 7 nitrogen and oxygen atoms in total. The molecule has 0 aliphatic carbocycles. The number of carbonyl (C=O) groups excluding carboxylic acids is 1. The van der Waals surface area contributed by atoms with E-state index in [-0.39, 0.29) is 29.9 Å². The molecule has 0 bridgehead atoms. The summed E-state index contributed by atoms with van der Waals surface area (Å²) in [5, 5.41) is 7.41. The first-order valence-electron chi connectivity index (χ1n) is 9.07. The van der Waals surface area contributed by atoms with Crippen LogP contribution in [0.2, 0.25) is 0 Å². The van der Waals surface area contributed by atoms with Gasteiger partial charge in [-0.1, -0.05) is 12.1 Å². The van der Waals surface area contributed by atoms with E-state index < -0.39 is 9.84 Å². The number of para-hydroxylation sites is 2. The molecule has 3 rings (SSSR count). The van der Waals surface area contributed by atoms with Gasteiger partial charge in [0.05, 0.1) is 42.0 Å². The zero-order chi connectivity index (χ0) is 19.6. The number of benzene rings is 1. The molecule has 1 aromatic heterocycles. The average molecular weight is 391 g/mol. The van der Waals surface area contributed by atoms with Crippen LogP contribution in [0.15, 0.2) is 24.3 Å². The van der Waals surface area contributed by atoms with E-state index in [1.807, 2.05) is 39.0 Å². The number of amides is 1.